The number of carbonyl (C=O) groups excluding carboxylic acids is 2. The van der Waals surface area contributed by atoms with Gasteiger partial charge in [0.2, 0.25) is 0 Å². The lowest BCUT2D eigenvalue weighted by Crippen LogP contribution is -2.10. The number of allylic oxidation sites excluding steroid dienone is 1. The molecule has 0 saturated carbocycles. The van der Waals surface area contributed by atoms with Crippen molar-refractivity contribution in [1.29, 1.82) is 0 Å². The Balaban J connectivity index is 1.78. The Morgan fingerprint density at radius 1 is 0.917 bits per heavy atom. The number of carbonyl (C=O) groups is 2. The van der Waals surface area contributed by atoms with Gasteiger partial charge in [-0.2, -0.15) is 4.89 Å². The SMILES string of the molecule is CC=CC(=O)OOCCOc1ccc(C(=O)c2ccccc2)cc1. The third kappa shape index (κ3) is 5.37. The quantitative estimate of drug-likeness (QED) is 0.245. The predicted molar refractivity (Wildman–Crippen MR) is 88.7 cm³/mol. The van der Waals surface area contributed by atoms with Gasteiger partial charge in [-0.25, -0.2) is 4.79 Å². The third-order valence-electron chi connectivity index (χ3n) is 3.03. The van der Waals surface area contributed by atoms with Crippen LogP contribution in [0.4, 0.5) is 0 Å². The molecule has 0 spiro atoms. The highest BCUT2D eigenvalue weighted by Gasteiger charge is 2.08. The van der Waals surface area contributed by atoms with Crippen molar-refractivity contribution in [2.24, 2.45) is 0 Å². The Labute approximate surface area is 140 Å². The Morgan fingerprint density at radius 3 is 2.25 bits per heavy atom. The smallest absolute Gasteiger partial charge is 0.365 e. The first-order valence-corrected chi connectivity index (χ1v) is 7.49. The summed E-state index contributed by atoms with van der Waals surface area (Å²) in [6.07, 6.45) is 2.81. The molecule has 2 rings (SSSR count). The maximum absolute atomic E-state index is 12.3. The van der Waals surface area contributed by atoms with Gasteiger partial charge in [-0.15, -0.1) is 0 Å². The van der Waals surface area contributed by atoms with Crippen LogP contribution in [0.25, 0.3) is 0 Å². The van der Waals surface area contributed by atoms with E-state index in [-0.39, 0.29) is 19.0 Å². The first-order valence-electron chi connectivity index (χ1n) is 7.49. The zero-order valence-electron chi connectivity index (χ0n) is 13.3. The van der Waals surface area contributed by atoms with Crippen LogP contribution in [-0.2, 0) is 14.6 Å². The average Bonchev–Trinajstić information content (AvgIpc) is 2.62. The molecule has 0 bridgehead atoms. The Morgan fingerprint density at radius 2 is 1.58 bits per heavy atom. The van der Waals surface area contributed by atoms with E-state index in [0.717, 1.165) is 0 Å². The van der Waals surface area contributed by atoms with Crippen LogP contribution in [-0.4, -0.2) is 25.0 Å². The number of hydrogen-bond donors (Lipinski definition) is 0. The van der Waals surface area contributed by atoms with E-state index in [2.05, 4.69) is 4.89 Å². The fourth-order valence-corrected chi connectivity index (χ4v) is 1.92. The first-order chi connectivity index (χ1) is 11.7. The largest absolute Gasteiger partial charge is 0.491 e. The maximum atomic E-state index is 12.3. The number of ether oxygens (including phenoxy) is 1. The van der Waals surface area contributed by atoms with Gasteiger partial charge in [-0.3, -0.25) is 9.68 Å². The van der Waals surface area contributed by atoms with Crippen molar-refractivity contribution >= 4 is 11.8 Å². The van der Waals surface area contributed by atoms with E-state index < -0.39 is 5.97 Å². The van der Waals surface area contributed by atoms with Gasteiger partial charge in [0.05, 0.1) is 0 Å². The van der Waals surface area contributed by atoms with Gasteiger partial charge < -0.3 is 4.74 Å². The monoisotopic (exact) mass is 326 g/mol. The average molecular weight is 326 g/mol. The van der Waals surface area contributed by atoms with Crippen molar-refractivity contribution in [1.82, 2.24) is 0 Å². The molecule has 0 aliphatic carbocycles. The van der Waals surface area contributed by atoms with Crippen molar-refractivity contribution in [2.75, 3.05) is 13.2 Å². The lowest BCUT2D eigenvalue weighted by molar-refractivity contribution is -0.269. The summed E-state index contributed by atoms with van der Waals surface area (Å²) in [4.78, 5) is 32.4. The predicted octanol–water partition coefficient (Wildman–Crippen LogP) is 3.35. The highest BCUT2D eigenvalue weighted by Crippen LogP contribution is 2.15. The van der Waals surface area contributed by atoms with E-state index in [1.807, 2.05) is 18.2 Å². The molecule has 24 heavy (non-hydrogen) atoms. The maximum Gasteiger partial charge on any atom is 0.365 e. The number of ketones is 1. The van der Waals surface area contributed by atoms with Crippen molar-refractivity contribution in [2.45, 2.75) is 6.92 Å². The molecule has 124 valence electrons. The molecular formula is C19H18O5. The Bertz CT molecular complexity index is 689. The summed E-state index contributed by atoms with van der Waals surface area (Å²) in [5, 5.41) is 0. The van der Waals surface area contributed by atoms with Gasteiger partial charge in [0.1, 0.15) is 19.0 Å². The second-order valence-corrected chi connectivity index (χ2v) is 4.79. The van der Waals surface area contributed by atoms with Crippen LogP contribution in [0, 0.1) is 0 Å². The van der Waals surface area contributed by atoms with Crippen LogP contribution in [0.15, 0.2) is 66.7 Å². The highest BCUT2D eigenvalue weighted by atomic mass is 17.2. The molecule has 0 unspecified atom stereocenters. The molecule has 0 heterocycles. The summed E-state index contributed by atoms with van der Waals surface area (Å²) in [6, 6.07) is 15.9. The van der Waals surface area contributed by atoms with Gasteiger partial charge in [0.15, 0.2) is 5.78 Å². The van der Waals surface area contributed by atoms with Gasteiger partial charge >= 0.3 is 5.97 Å². The van der Waals surface area contributed by atoms with Gasteiger partial charge in [-0.1, -0.05) is 36.4 Å². The summed E-state index contributed by atoms with van der Waals surface area (Å²) in [6.45, 7) is 2.03. The van der Waals surface area contributed by atoms with E-state index in [1.165, 1.54) is 6.08 Å². The molecule has 0 amide bonds. The summed E-state index contributed by atoms with van der Waals surface area (Å²) in [7, 11) is 0. The zero-order chi connectivity index (χ0) is 17.2. The van der Waals surface area contributed by atoms with Gasteiger partial charge in [-0.05, 0) is 31.2 Å². The topological polar surface area (TPSA) is 61.8 Å². The van der Waals surface area contributed by atoms with Crippen LogP contribution in [0.2, 0.25) is 0 Å². The van der Waals surface area contributed by atoms with Crippen molar-refractivity contribution in [3.63, 3.8) is 0 Å². The minimum Gasteiger partial charge on any atom is -0.491 e. The van der Waals surface area contributed by atoms with Crippen LogP contribution in [0.1, 0.15) is 22.8 Å². The second-order valence-electron chi connectivity index (χ2n) is 4.79. The van der Waals surface area contributed by atoms with Crippen molar-refractivity contribution < 1.29 is 24.1 Å². The Hall–Kier alpha value is -2.92. The number of rotatable bonds is 8. The standard InChI is InChI=1S/C19H18O5/c1-2-6-18(20)24-23-14-13-22-17-11-9-16(10-12-17)19(21)15-7-4-3-5-8-15/h2-12H,13-14H2,1H3. The second kappa shape index (κ2) is 9.27. The lowest BCUT2D eigenvalue weighted by Gasteiger charge is -2.07. The molecule has 0 aliphatic heterocycles. The van der Waals surface area contributed by atoms with Crippen LogP contribution in [0.3, 0.4) is 0 Å². The molecule has 0 fully saturated rings. The minimum atomic E-state index is -0.568. The third-order valence-corrected chi connectivity index (χ3v) is 3.03. The molecular weight excluding hydrogens is 308 g/mol. The minimum absolute atomic E-state index is 0.0404. The van der Waals surface area contributed by atoms with Crippen LogP contribution in [0.5, 0.6) is 5.75 Å². The van der Waals surface area contributed by atoms with E-state index in [1.54, 1.807) is 49.4 Å². The van der Waals surface area contributed by atoms with Crippen molar-refractivity contribution in [3.8, 4) is 5.75 Å². The molecule has 0 N–H and O–H groups in total. The normalized spacial score (nSPS) is 10.5. The molecule has 5 nitrogen and oxygen atoms in total. The van der Waals surface area contributed by atoms with Gasteiger partial charge in [0, 0.05) is 17.2 Å². The lowest BCUT2D eigenvalue weighted by atomic mass is 10.0. The number of benzene rings is 2. The molecule has 0 radical (unpaired) electrons. The molecule has 0 aliphatic rings. The summed E-state index contributed by atoms with van der Waals surface area (Å²) < 4.78 is 5.44. The Kier molecular flexibility index (Phi) is 6.73. The van der Waals surface area contributed by atoms with Crippen LogP contribution < -0.4 is 4.74 Å². The molecule has 2 aromatic rings. The van der Waals surface area contributed by atoms with E-state index in [0.29, 0.717) is 16.9 Å². The first kappa shape index (κ1) is 17.4. The summed E-state index contributed by atoms with van der Waals surface area (Å²) in [5.41, 5.74) is 1.23. The molecule has 2 aromatic carbocycles. The molecule has 0 atom stereocenters. The zero-order valence-corrected chi connectivity index (χ0v) is 13.3. The fourth-order valence-electron chi connectivity index (χ4n) is 1.92. The molecule has 5 heteroatoms. The highest BCUT2D eigenvalue weighted by molar-refractivity contribution is 6.08. The summed E-state index contributed by atoms with van der Waals surface area (Å²) in [5.74, 6) is -0.00866. The molecule has 0 saturated heterocycles. The van der Waals surface area contributed by atoms with E-state index >= 15 is 0 Å². The van der Waals surface area contributed by atoms with Crippen LogP contribution >= 0.6 is 0 Å². The van der Waals surface area contributed by atoms with Gasteiger partial charge in [0.25, 0.3) is 0 Å². The molecule has 0 aromatic heterocycles. The summed E-state index contributed by atoms with van der Waals surface area (Å²) >= 11 is 0. The number of hydrogen-bond acceptors (Lipinski definition) is 5. The van der Waals surface area contributed by atoms with E-state index in [9.17, 15) is 9.59 Å². The van der Waals surface area contributed by atoms with E-state index in [4.69, 9.17) is 9.62 Å². The fraction of sp³-hybridized carbons (Fsp3) is 0.158. The van der Waals surface area contributed by atoms with Crippen molar-refractivity contribution in [3.05, 3.63) is 77.9 Å².